The largest absolute Gasteiger partial charge is 0.497 e. The van der Waals surface area contributed by atoms with Crippen molar-refractivity contribution in [2.45, 2.75) is 11.7 Å². The molecular formula is C26H25N3O4S. The van der Waals surface area contributed by atoms with Gasteiger partial charge in [-0.05, 0) is 30.3 Å². The summed E-state index contributed by atoms with van der Waals surface area (Å²) in [5.41, 5.74) is 1.93. The molecule has 0 saturated carbocycles. The first-order valence-corrected chi connectivity index (χ1v) is 11.6. The van der Waals surface area contributed by atoms with Crippen LogP contribution in [0.15, 0.2) is 82.7 Å². The lowest BCUT2D eigenvalue weighted by Crippen LogP contribution is -2.28. The second-order valence-electron chi connectivity index (χ2n) is 7.60. The summed E-state index contributed by atoms with van der Waals surface area (Å²) in [6.45, 7) is 0.414. The first kappa shape index (κ1) is 23.4. The van der Waals surface area contributed by atoms with Gasteiger partial charge in [-0.3, -0.25) is 14.2 Å². The number of aromatic nitrogens is 2. The molecule has 34 heavy (non-hydrogen) atoms. The van der Waals surface area contributed by atoms with E-state index in [1.807, 2.05) is 54.6 Å². The number of fused-ring (bicyclic) bond motifs is 1. The highest BCUT2D eigenvalue weighted by Crippen LogP contribution is 2.24. The molecule has 1 aromatic heterocycles. The second kappa shape index (κ2) is 10.4. The van der Waals surface area contributed by atoms with Crippen molar-refractivity contribution in [2.24, 2.45) is 0 Å². The van der Waals surface area contributed by atoms with E-state index in [-0.39, 0.29) is 17.2 Å². The lowest BCUT2D eigenvalue weighted by Gasteiger charge is -2.19. The maximum atomic E-state index is 13.4. The van der Waals surface area contributed by atoms with E-state index in [1.54, 1.807) is 44.4 Å². The van der Waals surface area contributed by atoms with Crippen LogP contribution in [0.5, 0.6) is 11.5 Å². The quantitative estimate of drug-likeness (QED) is 0.282. The first-order valence-electron chi connectivity index (χ1n) is 10.7. The molecule has 0 bridgehead atoms. The van der Waals surface area contributed by atoms with Crippen molar-refractivity contribution in [3.05, 3.63) is 88.7 Å². The summed E-state index contributed by atoms with van der Waals surface area (Å²) in [6.07, 6.45) is 0. The van der Waals surface area contributed by atoms with Crippen LogP contribution in [0.2, 0.25) is 0 Å². The van der Waals surface area contributed by atoms with Crippen LogP contribution in [-0.2, 0) is 11.3 Å². The fraction of sp³-hybridized carbons (Fsp3) is 0.192. The molecule has 4 aromatic rings. The minimum atomic E-state index is -0.198. The molecule has 0 aliphatic heterocycles. The van der Waals surface area contributed by atoms with Crippen molar-refractivity contribution in [3.63, 3.8) is 0 Å². The Labute approximate surface area is 201 Å². The molecule has 3 aromatic carbocycles. The van der Waals surface area contributed by atoms with Gasteiger partial charge < -0.3 is 14.4 Å². The number of methoxy groups -OCH3 is 2. The minimum Gasteiger partial charge on any atom is -0.497 e. The number of para-hydroxylation sites is 2. The Kier molecular flexibility index (Phi) is 7.18. The molecule has 4 rings (SSSR count). The molecule has 1 heterocycles. The molecule has 0 unspecified atom stereocenters. The van der Waals surface area contributed by atoms with Crippen LogP contribution >= 0.6 is 11.8 Å². The first-order chi connectivity index (χ1) is 16.5. The summed E-state index contributed by atoms with van der Waals surface area (Å²) in [4.78, 5) is 32.7. The van der Waals surface area contributed by atoms with Gasteiger partial charge in [-0.2, -0.15) is 0 Å². The molecule has 7 nitrogen and oxygen atoms in total. The van der Waals surface area contributed by atoms with E-state index in [9.17, 15) is 9.59 Å². The molecule has 0 N–H and O–H groups in total. The van der Waals surface area contributed by atoms with E-state index < -0.39 is 0 Å². The zero-order chi connectivity index (χ0) is 24.1. The van der Waals surface area contributed by atoms with Gasteiger partial charge in [0.05, 0.1) is 36.6 Å². The molecule has 174 valence electrons. The van der Waals surface area contributed by atoms with E-state index >= 15 is 0 Å². The number of hydrogen-bond donors (Lipinski definition) is 0. The maximum Gasteiger partial charge on any atom is 0.266 e. The Morgan fingerprint density at radius 2 is 1.76 bits per heavy atom. The monoisotopic (exact) mass is 475 g/mol. The van der Waals surface area contributed by atoms with Gasteiger partial charge in [0.25, 0.3) is 5.56 Å². The van der Waals surface area contributed by atoms with Crippen molar-refractivity contribution >= 4 is 28.6 Å². The Bertz CT molecular complexity index is 1390. The lowest BCUT2D eigenvalue weighted by atomic mass is 10.2. The summed E-state index contributed by atoms with van der Waals surface area (Å²) in [7, 11) is 4.93. The molecule has 0 aliphatic carbocycles. The second-order valence-corrected chi connectivity index (χ2v) is 8.55. The molecule has 1 amide bonds. The number of nitrogens with zero attached hydrogens (tertiary/aromatic N) is 3. The number of ether oxygens (including phenoxy) is 2. The number of carbonyl (C=O) groups is 1. The van der Waals surface area contributed by atoms with E-state index in [1.165, 1.54) is 16.3 Å². The SMILES string of the molecule is COc1cccc(-n2c(SCC(=O)N(C)Cc3ccccc3OC)nc3ccccc3c2=O)c1. The predicted octanol–water partition coefficient (Wildman–Crippen LogP) is 4.15. The highest BCUT2D eigenvalue weighted by atomic mass is 32.2. The van der Waals surface area contributed by atoms with Crippen molar-refractivity contribution in [2.75, 3.05) is 27.0 Å². The standard InChI is InChI=1S/C26H25N3O4S/c1-28(16-18-9-4-7-14-23(18)33-3)24(30)17-34-26-27-22-13-6-5-12-21(22)25(31)29(26)19-10-8-11-20(15-19)32-2/h4-15H,16-17H2,1-3H3. The fourth-order valence-corrected chi connectivity index (χ4v) is 4.55. The highest BCUT2D eigenvalue weighted by molar-refractivity contribution is 7.99. The molecule has 0 fully saturated rings. The number of hydrogen-bond acceptors (Lipinski definition) is 6. The van der Waals surface area contributed by atoms with Gasteiger partial charge in [0.15, 0.2) is 5.16 Å². The number of carbonyl (C=O) groups excluding carboxylic acids is 1. The Morgan fingerprint density at radius 3 is 2.56 bits per heavy atom. The zero-order valence-corrected chi connectivity index (χ0v) is 20.0. The van der Waals surface area contributed by atoms with Crippen LogP contribution in [0.4, 0.5) is 0 Å². The summed E-state index contributed by atoms with van der Waals surface area (Å²) in [5, 5.41) is 0.949. The fourth-order valence-electron chi connectivity index (χ4n) is 3.60. The van der Waals surface area contributed by atoms with E-state index in [0.29, 0.717) is 34.0 Å². The van der Waals surface area contributed by atoms with Gasteiger partial charge >= 0.3 is 0 Å². The highest BCUT2D eigenvalue weighted by Gasteiger charge is 2.17. The van der Waals surface area contributed by atoms with Crippen molar-refractivity contribution in [1.29, 1.82) is 0 Å². The third-order valence-electron chi connectivity index (χ3n) is 5.41. The smallest absolute Gasteiger partial charge is 0.266 e. The van der Waals surface area contributed by atoms with Crippen molar-refractivity contribution in [1.82, 2.24) is 14.5 Å². The molecular weight excluding hydrogens is 450 g/mol. The Balaban J connectivity index is 1.63. The number of thioether (sulfide) groups is 1. The number of benzene rings is 3. The van der Waals surface area contributed by atoms with Gasteiger partial charge in [0, 0.05) is 25.2 Å². The van der Waals surface area contributed by atoms with Gasteiger partial charge in [-0.15, -0.1) is 0 Å². The van der Waals surface area contributed by atoms with Gasteiger partial charge in [0.1, 0.15) is 11.5 Å². The van der Waals surface area contributed by atoms with Gasteiger partial charge in [-0.25, -0.2) is 4.98 Å². The average Bonchev–Trinajstić information content (AvgIpc) is 2.87. The van der Waals surface area contributed by atoms with E-state index in [0.717, 1.165) is 11.3 Å². The van der Waals surface area contributed by atoms with Crippen LogP contribution in [0.1, 0.15) is 5.56 Å². The summed E-state index contributed by atoms with van der Waals surface area (Å²) < 4.78 is 12.3. The molecule has 0 spiro atoms. The van der Waals surface area contributed by atoms with Crippen LogP contribution in [-0.4, -0.2) is 47.4 Å². The molecule has 0 radical (unpaired) electrons. The van der Waals surface area contributed by atoms with Crippen LogP contribution in [0.3, 0.4) is 0 Å². The van der Waals surface area contributed by atoms with Gasteiger partial charge in [0.2, 0.25) is 5.91 Å². The summed E-state index contributed by atoms with van der Waals surface area (Å²) >= 11 is 1.23. The molecule has 8 heteroatoms. The molecule has 0 saturated heterocycles. The number of amides is 1. The van der Waals surface area contributed by atoms with Crippen molar-refractivity contribution < 1.29 is 14.3 Å². The summed E-state index contributed by atoms with van der Waals surface area (Å²) in [6, 6.07) is 22.0. The Morgan fingerprint density at radius 1 is 1.00 bits per heavy atom. The number of rotatable bonds is 8. The third-order valence-corrected chi connectivity index (χ3v) is 6.33. The predicted molar refractivity (Wildman–Crippen MR) is 134 cm³/mol. The van der Waals surface area contributed by atoms with Crippen LogP contribution < -0.4 is 15.0 Å². The van der Waals surface area contributed by atoms with Crippen LogP contribution in [0.25, 0.3) is 16.6 Å². The van der Waals surface area contributed by atoms with Crippen molar-refractivity contribution in [3.8, 4) is 17.2 Å². The topological polar surface area (TPSA) is 73.7 Å². The van der Waals surface area contributed by atoms with Gasteiger partial charge in [-0.1, -0.05) is 48.2 Å². The molecule has 0 atom stereocenters. The van der Waals surface area contributed by atoms with E-state index in [2.05, 4.69) is 0 Å². The lowest BCUT2D eigenvalue weighted by molar-refractivity contribution is -0.127. The summed E-state index contributed by atoms with van der Waals surface area (Å²) in [5.74, 6) is 1.40. The normalized spacial score (nSPS) is 10.8. The molecule has 0 aliphatic rings. The maximum absolute atomic E-state index is 13.4. The zero-order valence-electron chi connectivity index (χ0n) is 19.2. The van der Waals surface area contributed by atoms with E-state index in [4.69, 9.17) is 14.5 Å². The van der Waals surface area contributed by atoms with Crippen LogP contribution in [0, 0.1) is 0 Å². The third kappa shape index (κ3) is 4.92. The minimum absolute atomic E-state index is 0.0875. The average molecular weight is 476 g/mol. The Hall–Kier alpha value is -3.78.